The highest BCUT2D eigenvalue weighted by Crippen LogP contribution is 2.32. The van der Waals surface area contributed by atoms with Gasteiger partial charge in [-0.25, -0.2) is 0 Å². The minimum atomic E-state index is -4.82. The molecule has 0 unspecified atom stereocenters. The maximum Gasteiger partial charge on any atom is 0.471 e. The van der Waals surface area contributed by atoms with Crippen molar-refractivity contribution in [2.45, 2.75) is 25.3 Å². The van der Waals surface area contributed by atoms with Crippen molar-refractivity contribution in [2.24, 2.45) is 0 Å². The van der Waals surface area contributed by atoms with E-state index in [-0.39, 0.29) is 24.1 Å². The van der Waals surface area contributed by atoms with Crippen molar-refractivity contribution in [1.82, 2.24) is 19.7 Å². The van der Waals surface area contributed by atoms with Gasteiger partial charge in [0, 0.05) is 36.8 Å². The average molecular weight is 404 g/mol. The molecule has 28 heavy (non-hydrogen) atoms. The van der Waals surface area contributed by atoms with Crippen LogP contribution in [0, 0.1) is 0 Å². The maximum atomic E-state index is 13.0. The van der Waals surface area contributed by atoms with E-state index in [0.29, 0.717) is 0 Å². The minimum absolute atomic E-state index is 0.0159. The summed E-state index contributed by atoms with van der Waals surface area (Å²) in [6, 6.07) is 3.08. The molecule has 0 fully saturated rings. The first-order valence-electron chi connectivity index (χ1n) is 7.67. The van der Waals surface area contributed by atoms with Crippen LogP contribution >= 0.6 is 0 Å². The summed E-state index contributed by atoms with van der Waals surface area (Å²) in [7, 11) is 0. The lowest BCUT2D eigenvalue weighted by molar-refractivity contribution is -0.159. The van der Waals surface area contributed by atoms with Crippen molar-refractivity contribution in [3.05, 3.63) is 64.2 Å². The normalized spacial score (nSPS) is 12.4. The molecule has 0 aromatic carbocycles. The molecule has 0 amide bonds. The molecular weight excluding hydrogens is 394 g/mol. The Balaban J connectivity index is 1.79. The molecule has 0 N–H and O–H groups in total. The lowest BCUT2D eigenvalue weighted by Gasteiger charge is -2.12. The van der Waals surface area contributed by atoms with Gasteiger partial charge < -0.3 is 9.09 Å². The van der Waals surface area contributed by atoms with E-state index < -0.39 is 35.2 Å². The molecule has 0 spiro atoms. The van der Waals surface area contributed by atoms with Crippen molar-refractivity contribution in [3.8, 4) is 11.4 Å². The van der Waals surface area contributed by atoms with Crippen LogP contribution in [0.5, 0.6) is 0 Å². The van der Waals surface area contributed by atoms with Crippen LogP contribution in [0.1, 0.15) is 17.0 Å². The van der Waals surface area contributed by atoms with Gasteiger partial charge in [-0.3, -0.25) is 9.78 Å². The molecule has 6 nitrogen and oxygen atoms in total. The van der Waals surface area contributed by atoms with Crippen molar-refractivity contribution >= 4 is 0 Å². The highest BCUT2D eigenvalue weighted by atomic mass is 19.4. The Hall–Kier alpha value is -3.18. The van der Waals surface area contributed by atoms with Gasteiger partial charge in [-0.2, -0.15) is 31.3 Å². The molecule has 0 atom stereocenters. The highest BCUT2D eigenvalue weighted by molar-refractivity contribution is 5.52. The van der Waals surface area contributed by atoms with Gasteiger partial charge in [-0.05, 0) is 24.1 Å². The quantitative estimate of drug-likeness (QED) is 0.622. The predicted molar refractivity (Wildman–Crippen MR) is 81.9 cm³/mol. The highest BCUT2D eigenvalue weighted by Gasteiger charge is 2.38. The molecule has 0 aliphatic carbocycles. The first-order chi connectivity index (χ1) is 13.1. The van der Waals surface area contributed by atoms with E-state index in [4.69, 9.17) is 0 Å². The number of rotatable bonds is 4. The molecular formula is C16H10F6N4O2. The summed E-state index contributed by atoms with van der Waals surface area (Å²) < 4.78 is 81.6. The van der Waals surface area contributed by atoms with Gasteiger partial charge >= 0.3 is 18.2 Å². The van der Waals surface area contributed by atoms with Crippen molar-refractivity contribution in [2.75, 3.05) is 0 Å². The molecule has 3 heterocycles. The lowest BCUT2D eigenvalue weighted by Crippen LogP contribution is -2.20. The zero-order valence-corrected chi connectivity index (χ0v) is 13.8. The first-order valence-corrected chi connectivity index (χ1v) is 7.67. The van der Waals surface area contributed by atoms with E-state index >= 15 is 0 Å². The van der Waals surface area contributed by atoms with Crippen LogP contribution in [0.15, 0.2) is 46.1 Å². The van der Waals surface area contributed by atoms with Crippen molar-refractivity contribution in [3.63, 3.8) is 0 Å². The standard InChI is InChI=1S/C16H10F6N4O2/c17-15(18,19)11-1-4-23-8-10(11)3-6-26-5-2-9(7-12(26)27)13-24-14(28-25-13)16(20,21)22/h1-2,4-5,7-8H,3,6H2. The summed E-state index contributed by atoms with van der Waals surface area (Å²) in [6.07, 6.45) is -6.18. The van der Waals surface area contributed by atoms with Gasteiger partial charge in [-0.1, -0.05) is 5.16 Å². The van der Waals surface area contributed by atoms with Crippen LogP contribution in [0.25, 0.3) is 11.4 Å². The van der Waals surface area contributed by atoms with Crippen molar-refractivity contribution < 1.29 is 30.9 Å². The van der Waals surface area contributed by atoms with Crippen LogP contribution in [0.3, 0.4) is 0 Å². The van der Waals surface area contributed by atoms with Crippen LogP contribution in [-0.4, -0.2) is 19.7 Å². The van der Waals surface area contributed by atoms with Crippen LogP contribution in [0.4, 0.5) is 26.3 Å². The molecule has 3 aromatic heterocycles. The fraction of sp³-hybridized carbons (Fsp3) is 0.250. The van der Waals surface area contributed by atoms with Crippen LogP contribution in [0.2, 0.25) is 0 Å². The zero-order valence-electron chi connectivity index (χ0n) is 13.8. The van der Waals surface area contributed by atoms with Gasteiger partial charge in [0.2, 0.25) is 5.82 Å². The minimum Gasteiger partial charge on any atom is -0.329 e. The van der Waals surface area contributed by atoms with E-state index in [1.807, 2.05) is 0 Å². The molecule has 0 saturated heterocycles. The second-order valence-corrected chi connectivity index (χ2v) is 5.65. The molecule has 0 aliphatic rings. The molecule has 0 saturated carbocycles. The van der Waals surface area contributed by atoms with Crippen LogP contribution < -0.4 is 5.56 Å². The Kier molecular flexibility index (Phi) is 4.96. The number of aromatic nitrogens is 4. The third-order valence-corrected chi connectivity index (χ3v) is 3.75. The summed E-state index contributed by atoms with van der Waals surface area (Å²) in [4.78, 5) is 19.0. The maximum absolute atomic E-state index is 13.0. The molecule has 3 rings (SSSR count). The number of alkyl halides is 6. The lowest BCUT2D eigenvalue weighted by atomic mass is 10.1. The predicted octanol–water partition coefficient (Wildman–Crippen LogP) is 3.57. The number of hydrogen-bond acceptors (Lipinski definition) is 5. The van der Waals surface area contributed by atoms with E-state index in [1.165, 1.54) is 12.3 Å². The summed E-state index contributed by atoms with van der Waals surface area (Å²) in [5.41, 5.74) is -1.59. The molecule has 3 aromatic rings. The molecule has 0 bridgehead atoms. The SMILES string of the molecule is O=c1cc(-c2noc(C(F)(F)F)n2)ccn1CCc1cnccc1C(F)(F)F. The Bertz CT molecular complexity index is 1040. The van der Waals surface area contributed by atoms with E-state index in [9.17, 15) is 31.1 Å². The molecule has 148 valence electrons. The zero-order chi connectivity index (χ0) is 20.5. The molecule has 0 aliphatic heterocycles. The van der Waals surface area contributed by atoms with E-state index in [0.717, 1.165) is 29.1 Å². The summed E-state index contributed by atoms with van der Waals surface area (Å²) >= 11 is 0. The Morgan fingerprint density at radius 3 is 2.43 bits per heavy atom. The van der Waals surface area contributed by atoms with Crippen LogP contribution in [-0.2, 0) is 25.3 Å². The van der Waals surface area contributed by atoms with Gasteiger partial charge in [0.15, 0.2) is 0 Å². The number of aryl methyl sites for hydroxylation is 2. The second-order valence-electron chi connectivity index (χ2n) is 5.65. The summed E-state index contributed by atoms with van der Waals surface area (Å²) in [5.74, 6) is -1.98. The number of halogens is 6. The molecule has 12 heteroatoms. The number of pyridine rings is 2. The van der Waals surface area contributed by atoms with Gasteiger partial charge in [0.1, 0.15) is 0 Å². The monoisotopic (exact) mass is 404 g/mol. The summed E-state index contributed by atoms with van der Waals surface area (Å²) in [5, 5.41) is 3.17. The third kappa shape index (κ3) is 4.21. The van der Waals surface area contributed by atoms with E-state index in [1.54, 1.807) is 0 Å². The van der Waals surface area contributed by atoms with E-state index in [2.05, 4.69) is 19.6 Å². The number of hydrogen-bond donors (Lipinski definition) is 0. The Morgan fingerprint density at radius 2 is 1.82 bits per heavy atom. The fourth-order valence-electron chi connectivity index (χ4n) is 2.43. The second kappa shape index (κ2) is 7.09. The fourth-order valence-corrected chi connectivity index (χ4v) is 2.43. The molecule has 0 radical (unpaired) electrons. The first kappa shape index (κ1) is 19.6. The largest absolute Gasteiger partial charge is 0.471 e. The Morgan fingerprint density at radius 1 is 1.07 bits per heavy atom. The number of nitrogens with zero attached hydrogens (tertiary/aromatic N) is 4. The smallest absolute Gasteiger partial charge is 0.329 e. The van der Waals surface area contributed by atoms with Gasteiger partial charge in [-0.15, -0.1) is 0 Å². The van der Waals surface area contributed by atoms with Gasteiger partial charge in [0.05, 0.1) is 5.56 Å². The van der Waals surface area contributed by atoms with Gasteiger partial charge in [0.25, 0.3) is 5.56 Å². The van der Waals surface area contributed by atoms with Crippen molar-refractivity contribution in [1.29, 1.82) is 0 Å². The third-order valence-electron chi connectivity index (χ3n) is 3.75. The topological polar surface area (TPSA) is 73.8 Å². The Labute approximate surface area is 152 Å². The summed E-state index contributed by atoms with van der Waals surface area (Å²) in [6.45, 7) is -0.0894. The average Bonchev–Trinajstić information content (AvgIpc) is 3.10.